The summed E-state index contributed by atoms with van der Waals surface area (Å²) in [7, 11) is 0. The fraction of sp³-hybridized carbons (Fsp3) is 0.722. The van der Waals surface area contributed by atoms with Crippen LogP contribution in [0, 0.1) is 11.8 Å². The second-order valence-electron chi connectivity index (χ2n) is 6.98. The van der Waals surface area contributed by atoms with Gasteiger partial charge in [-0.25, -0.2) is 0 Å². The molecule has 0 spiro atoms. The first-order valence-corrected chi connectivity index (χ1v) is 8.50. The van der Waals surface area contributed by atoms with E-state index in [0.29, 0.717) is 12.7 Å². The first kappa shape index (κ1) is 15.0. The van der Waals surface area contributed by atoms with Gasteiger partial charge in [-0.15, -0.1) is 0 Å². The number of ether oxygens (including phenoxy) is 1. The van der Waals surface area contributed by atoms with Gasteiger partial charge in [0.05, 0.1) is 24.1 Å². The number of rotatable bonds is 6. The van der Waals surface area contributed by atoms with Crippen LogP contribution in [0.15, 0.2) is 18.2 Å². The molecule has 3 heteroatoms. The van der Waals surface area contributed by atoms with E-state index in [9.17, 15) is 0 Å². The lowest BCUT2D eigenvalue weighted by Gasteiger charge is -2.31. The van der Waals surface area contributed by atoms with Crippen LogP contribution in [-0.2, 0) is 17.9 Å². The molecular formula is C18H28N2O. The molecule has 2 saturated carbocycles. The second kappa shape index (κ2) is 6.89. The summed E-state index contributed by atoms with van der Waals surface area (Å²) in [5, 5.41) is 3.51. The van der Waals surface area contributed by atoms with E-state index in [1.165, 1.54) is 32.1 Å². The normalized spacial score (nSPS) is 29.5. The molecule has 3 rings (SSSR count). The summed E-state index contributed by atoms with van der Waals surface area (Å²) in [5.41, 5.74) is 2.20. The molecule has 1 aromatic heterocycles. The minimum absolute atomic E-state index is 0.422. The van der Waals surface area contributed by atoms with Gasteiger partial charge in [0.25, 0.3) is 0 Å². The highest BCUT2D eigenvalue weighted by molar-refractivity contribution is 5.11. The fourth-order valence-corrected chi connectivity index (χ4v) is 3.10. The van der Waals surface area contributed by atoms with Crippen molar-refractivity contribution < 1.29 is 4.74 Å². The highest BCUT2D eigenvalue weighted by atomic mass is 16.5. The average Bonchev–Trinajstić information content (AvgIpc) is 3.31. The first-order valence-electron chi connectivity index (χ1n) is 8.50. The molecule has 2 aliphatic carbocycles. The highest BCUT2D eigenvalue weighted by Gasteiger charge is 2.25. The average molecular weight is 288 g/mol. The maximum Gasteiger partial charge on any atom is 0.0891 e. The van der Waals surface area contributed by atoms with Crippen molar-refractivity contribution in [3.63, 3.8) is 0 Å². The van der Waals surface area contributed by atoms with Crippen LogP contribution in [0.2, 0.25) is 0 Å². The Morgan fingerprint density at radius 3 is 2.67 bits per heavy atom. The minimum atomic E-state index is 0.422. The quantitative estimate of drug-likeness (QED) is 0.867. The summed E-state index contributed by atoms with van der Waals surface area (Å²) in [6, 6.07) is 7.01. The summed E-state index contributed by atoms with van der Waals surface area (Å²) in [5.74, 6) is 1.63. The van der Waals surface area contributed by atoms with Gasteiger partial charge in [-0.2, -0.15) is 0 Å². The molecule has 1 aromatic rings. The molecule has 0 saturated heterocycles. The predicted octanol–water partition coefficient (Wildman–Crippen LogP) is 3.67. The third-order valence-electron chi connectivity index (χ3n) is 5.03. The lowest BCUT2D eigenvalue weighted by atomic mass is 9.80. The van der Waals surface area contributed by atoms with Gasteiger partial charge in [-0.05, 0) is 56.1 Å². The molecule has 1 N–H and O–H groups in total. The molecule has 1 heterocycles. The number of hydrogen-bond acceptors (Lipinski definition) is 3. The summed E-state index contributed by atoms with van der Waals surface area (Å²) in [6.07, 6.45) is 6.76. The predicted molar refractivity (Wildman–Crippen MR) is 84.9 cm³/mol. The van der Waals surface area contributed by atoms with Crippen LogP contribution in [-0.4, -0.2) is 17.1 Å². The topological polar surface area (TPSA) is 34.1 Å². The summed E-state index contributed by atoms with van der Waals surface area (Å²) < 4.78 is 6.10. The van der Waals surface area contributed by atoms with Crippen molar-refractivity contribution in [2.45, 2.75) is 71.2 Å². The van der Waals surface area contributed by atoms with Crippen LogP contribution in [0.3, 0.4) is 0 Å². The standard InChI is InChI=1S/C18H28N2O/c1-13-6-9-18(10-14(13)2)21-12-17-5-3-4-16(20-17)11-19-15-7-8-15/h3-5,13-15,18-19H,6-12H2,1-2H3. The maximum atomic E-state index is 6.10. The number of aromatic nitrogens is 1. The Morgan fingerprint density at radius 1 is 1.10 bits per heavy atom. The molecular weight excluding hydrogens is 260 g/mol. The van der Waals surface area contributed by atoms with Crippen molar-refractivity contribution in [2.24, 2.45) is 11.8 Å². The van der Waals surface area contributed by atoms with Gasteiger partial charge in [0, 0.05) is 12.6 Å². The Hall–Kier alpha value is -0.930. The molecule has 0 bridgehead atoms. The van der Waals surface area contributed by atoms with E-state index in [1.54, 1.807) is 0 Å². The third kappa shape index (κ3) is 4.52. The number of nitrogens with one attached hydrogen (secondary N) is 1. The lowest BCUT2D eigenvalue weighted by molar-refractivity contribution is -0.00881. The fourth-order valence-electron chi connectivity index (χ4n) is 3.10. The van der Waals surface area contributed by atoms with Crippen LogP contribution in [0.25, 0.3) is 0 Å². The highest BCUT2D eigenvalue weighted by Crippen LogP contribution is 2.31. The Kier molecular flexibility index (Phi) is 4.91. The van der Waals surface area contributed by atoms with Crippen molar-refractivity contribution in [2.75, 3.05) is 0 Å². The van der Waals surface area contributed by atoms with Gasteiger partial charge in [-0.3, -0.25) is 4.98 Å². The Morgan fingerprint density at radius 2 is 1.90 bits per heavy atom. The summed E-state index contributed by atoms with van der Waals surface area (Å²) in [6.45, 7) is 6.25. The molecule has 3 nitrogen and oxygen atoms in total. The van der Waals surface area contributed by atoms with E-state index in [2.05, 4.69) is 37.4 Å². The molecule has 0 amide bonds. The zero-order chi connectivity index (χ0) is 14.7. The van der Waals surface area contributed by atoms with E-state index in [-0.39, 0.29) is 0 Å². The Labute approximate surface area is 128 Å². The lowest BCUT2D eigenvalue weighted by Crippen LogP contribution is -2.26. The van der Waals surface area contributed by atoms with Crippen molar-refractivity contribution in [1.82, 2.24) is 10.3 Å². The monoisotopic (exact) mass is 288 g/mol. The number of pyridine rings is 1. The van der Waals surface area contributed by atoms with E-state index >= 15 is 0 Å². The van der Waals surface area contributed by atoms with E-state index in [4.69, 9.17) is 9.72 Å². The van der Waals surface area contributed by atoms with Crippen LogP contribution in [0.5, 0.6) is 0 Å². The van der Waals surface area contributed by atoms with Gasteiger partial charge in [-0.1, -0.05) is 19.9 Å². The Balaban J connectivity index is 1.46. The second-order valence-corrected chi connectivity index (χ2v) is 6.98. The SMILES string of the molecule is CC1CCC(OCc2cccc(CNC3CC3)n2)CC1C. The van der Waals surface area contributed by atoms with Crippen LogP contribution < -0.4 is 5.32 Å². The van der Waals surface area contributed by atoms with Crippen LogP contribution in [0.4, 0.5) is 0 Å². The molecule has 0 radical (unpaired) electrons. The summed E-state index contributed by atoms with van der Waals surface area (Å²) in [4.78, 5) is 4.70. The van der Waals surface area contributed by atoms with E-state index in [0.717, 1.165) is 35.8 Å². The van der Waals surface area contributed by atoms with Gasteiger partial charge in [0.2, 0.25) is 0 Å². The molecule has 2 aliphatic rings. The van der Waals surface area contributed by atoms with Crippen molar-refractivity contribution in [3.05, 3.63) is 29.6 Å². The van der Waals surface area contributed by atoms with E-state index < -0.39 is 0 Å². The molecule has 2 fully saturated rings. The molecule has 3 unspecified atom stereocenters. The smallest absolute Gasteiger partial charge is 0.0891 e. The van der Waals surface area contributed by atoms with Gasteiger partial charge < -0.3 is 10.1 Å². The van der Waals surface area contributed by atoms with Gasteiger partial charge >= 0.3 is 0 Å². The molecule has 3 atom stereocenters. The summed E-state index contributed by atoms with van der Waals surface area (Å²) >= 11 is 0. The largest absolute Gasteiger partial charge is 0.372 e. The number of nitrogens with zero attached hydrogens (tertiary/aromatic N) is 1. The number of hydrogen-bond donors (Lipinski definition) is 1. The van der Waals surface area contributed by atoms with Crippen molar-refractivity contribution in [3.8, 4) is 0 Å². The molecule has 116 valence electrons. The van der Waals surface area contributed by atoms with Gasteiger partial charge in [0.1, 0.15) is 0 Å². The molecule has 0 aliphatic heterocycles. The van der Waals surface area contributed by atoms with Crippen molar-refractivity contribution in [1.29, 1.82) is 0 Å². The third-order valence-corrected chi connectivity index (χ3v) is 5.03. The van der Waals surface area contributed by atoms with Crippen LogP contribution >= 0.6 is 0 Å². The van der Waals surface area contributed by atoms with E-state index in [1.807, 2.05) is 0 Å². The minimum Gasteiger partial charge on any atom is -0.372 e. The van der Waals surface area contributed by atoms with Gasteiger partial charge in [0.15, 0.2) is 0 Å². The van der Waals surface area contributed by atoms with Crippen LogP contribution in [0.1, 0.15) is 57.3 Å². The first-order chi connectivity index (χ1) is 10.2. The molecule has 21 heavy (non-hydrogen) atoms. The zero-order valence-electron chi connectivity index (χ0n) is 13.3. The molecule has 0 aromatic carbocycles. The maximum absolute atomic E-state index is 6.10. The van der Waals surface area contributed by atoms with Crippen molar-refractivity contribution >= 4 is 0 Å². The Bertz CT molecular complexity index is 458. The zero-order valence-corrected chi connectivity index (χ0v) is 13.3.